The average molecular weight is 257 g/mol. The molecule has 1 fully saturated rings. The number of fused-ring (bicyclic) bond motifs is 1. The molecule has 1 atom stereocenters. The second-order valence-corrected chi connectivity index (χ2v) is 5.70. The second kappa shape index (κ2) is 5.38. The van der Waals surface area contributed by atoms with Crippen LogP contribution in [0.5, 0.6) is 0 Å². The summed E-state index contributed by atoms with van der Waals surface area (Å²) in [6, 6.07) is 8.67. The van der Waals surface area contributed by atoms with Crippen LogP contribution in [-0.4, -0.2) is 6.54 Å². The summed E-state index contributed by atoms with van der Waals surface area (Å²) in [7, 11) is 0. The van der Waals surface area contributed by atoms with Crippen molar-refractivity contribution < 1.29 is 4.42 Å². The van der Waals surface area contributed by atoms with Gasteiger partial charge in [0.25, 0.3) is 0 Å². The van der Waals surface area contributed by atoms with Gasteiger partial charge in [0.15, 0.2) is 0 Å². The number of furan rings is 1. The second-order valence-electron chi connectivity index (χ2n) is 5.70. The Morgan fingerprint density at radius 3 is 2.84 bits per heavy atom. The third kappa shape index (κ3) is 2.69. The van der Waals surface area contributed by atoms with Crippen molar-refractivity contribution in [3.8, 4) is 0 Å². The number of nitrogens with one attached hydrogen (secondary N) is 1. The predicted molar refractivity (Wildman–Crippen MR) is 79.4 cm³/mol. The van der Waals surface area contributed by atoms with E-state index in [0.717, 1.165) is 30.2 Å². The third-order valence-corrected chi connectivity index (χ3v) is 4.18. The minimum absolute atomic E-state index is 0.307. The van der Waals surface area contributed by atoms with E-state index in [1.54, 1.807) is 0 Å². The van der Waals surface area contributed by atoms with Crippen molar-refractivity contribution in [3.05, 3.63) is 35.6 Å². The summed E-state index contributed by atoms with van der Waals surface area (Å²) < 4.78 is 6.06. The van der Waals surface area contributed by atoms with Gasteiger partial charge < -0.3 is 9.73 Å². The molecule has 0 spiro atoms. The first-order valence-electron chi connectivity index (χ1n) is 7.53. The Hall–Kier alpha value is -1.28. The zero-order chi connectivity index (χ0) is 13.2. The first-order valence-corrected chi connectivity index (χ1v) is 7.53. The van der Waals surface area contributed by atoms with Crippen LogP contribution in [0.25, 0.3) is 11.0 Å². The van der Waals surface area contributed by atoms with Crippen LogP contribution >= 0.6 is 0 Å². The third-order valence-electron chi connectivity index (χ3n) is 4.18. The first-order chi connectivity index (χ1) is 9.29. The molecule has 102 valence electrons. The molecule has 2 aromatic rings. The summed E-state index contributed by atoms with van der Waals surface area (Å²) in [5, 5.41) is 4.89. The fraction of sp³-hybridized carbons (Fsp3) is 0.529. The highest BCUT2D eigenvalue weighted by Gasteiger charge is 2.22. The lowest BCUT2D eigenvalue weighted by Gasteiger charge is -2.12. The standard InChI is InChI=1S/C17H23NO/c1-3-14-15-6-4-5-7-16(15)19-17(14)12(2)18-11-10-13-8-9-13/h4-7,12-13,18H,3,8-11H2,1-2H3. The Balaban J connectivity index is 1.77. The molecule has 2 nitrogen and oxygen atoms in total. The normalized spacial score (nSPS) is 16.9. The van der Waals surface area contributed by atoms with Crippen LogP contribution in [0.4, 0.5) is 0 Å². The van der Waals surface area contributed by atoms with Crippen molar-refractivity contribution in [1.82, 2.24) is 5.32 Å². The van der Waals surface area contributed by atoms with E-state index in [4.69, 9.17) is 4.42 Å². The molecule has 1 saturated carbocycles. The Kier molecular flexibility index (Phi) is 3.61. The molecule has 0 radical (unpaired) electrons. The molecule has 1 unspecified atom stereocenters. The van der Waals surface area contributed by atoms with Gasteiger partial charge >= 0.3 is 0 Å². The van der Waals surface area contributed by atoms with Gasteiger partial charge in [-0.25, -0.2) is 0 Å². The van der Waals surface area contributed by atoms with Gasteiger partial charge in [-0.1, -0.05) is 38.0 Å². The smallest absolute Gasteiger partial charge is 0.134 e. The molecule has 1 aliphatic carbocycles. The molecule has 1 aliphatic rings. The van der Waals surface area contributed by atoms with Crippen molar-refractivity contribution in [1.29, 1.82) is 0 Å². The number of para-hydroxylation sites is 1. The zero-order valence-corrected chi connectivity index (χ0v) is 11.9. The highest BCUT2D eigenvalue weighted by atomic mass is 16.3. The van der Waals surface area contributed by atoms with Crippen molar-refractivity contribution >= 4 is 11.0 Å². The van der Waals surface area contributed by atoms with Crippen LogP contribution in [0.2, 0.25) is 0 Å². The van der Waals surface area contributed by atoms with Crippen molar-refractivity contribution in [2.24, 2.45) is 5.92 Å². The number of benzene rings is 1. The van der Waals surface area contributed by atoms with Crippen LogP contribution in [-0.2, 0) is 6.42 Å². The maximum absolute atomic E-state index is 6.06. The molecule has 1 aromatic heterocycles. The molecule has 1 aromatic carbocycles. The summed E-state index contributed by atoms with van der Waals surface area (Å²) >= 11 is 0. The monoisotopic (exact) mass is 257 g/mol. The van der Waals surface area contributed by atoms with E-state index in [1.807, 2.05) is 6.07 Å². The zero-order valence-electron chi connectivity index (χ0n) is 11.9. The summed E-state index contributed by atoms with van der Waals surface area (Å²) in [6.07, 6.45) is 5.20. The van der Waals surface area contributed by atoms with Crippen molar-refractivity contribution in [2.45, 2.75) is 45.6 Å². The Morgan fingerprint density at radius 1 is 1.32 bits per heavy atom. The molecule has 0 bridgehead atoms. The molecule has 1 heterocycles. The molecule has 3 rings (SSSR count). The average Bonchev–Trinajstić information content (AvgIpc) is 3.17. The molecule has 19 heavy (non-hydrogen) atoms. The van der Waals surface area contributed by atoms with Gasteiger partial charge in [0.05, 0.1) is 6.04 Å². The van der Waals surface area contributed by atoms with Gasteiger partial charge in [-0.15, -0.1) is 0 Å². The van der Waals surface area contributed by atoms with Gasteiger partial charge in [0.1, 0.15) is 11.3 Å². The van der Waals surface area contributed by atoms with Gasteiger partial charge in [0, 0.05) is 10.9 Å². The topological polar surface area (TPSA) is 25.2 Å². The SMILES string of the molecule is CCc1c(C(C)NCCC2CC2)oc2ccccc12. The van der Waals surface area contributed by atoms with Gasteiger partial charge in [-0.05, 0) is 38.3 Å². The maximum atomic E-state index is 6.06. The van der Waals surface area contributed by atoms with Crippen LogP contribution in [0, 0.1) is 5.92 Å². The van der Waals surface area contributed by atoms with Crippen LogP contribution < -0.4 is 5.32 Å². The Bertz CT molecular complexity index is 553. The van der Waals surface area contributed by atoms with E-state index in [1.165, 1.54) is 30.2 Å². The summed E-state index contributed by atoms with van der Waals surface area (Å²) in [5.41, 5.74) is 2.38. The predicted octanol–water partition coefficient (Wildman–Crippen LogP) is 4.45. The minimum Gasteiger partial charge on any atom is -0.459 e. The van der Waals surface area contributed by atoms with E-state index in [0.29, 0.717) is 6.04 Å². The van der Waals surface area contributed by atoms with Gasteiger partial charge in [-0.2, -0.15) is 0 Å². The molecule has 0 saturated heterocycles. The summed E-state index contributed by atoms with van der Waals surface area (Å²) in [5.74, 6) is 2.11. The Morgan fingerprint density at radius 2 is 2.11 bits per heavy atom. The fourth-order valence-corrected chi connectivity index (χ4v) is 2.84. The van der Waals surface area contributed by atoms with E-state index >= 15 is 0 Å². The molecular formula is C17H23NO. The summed E-state index contributed by atoms with van der Waals surface area (Å²) in [4.78, 5) is 0. The lowest BCUT2D eigenvalue weighted by atomic mass is 10.0. The first kappa shape index (κ1) is 12.7. The number of rotatable bonds is 6. The van der Waals surface area contributed by atoms with Crippen molar-refractivity contribution in [3.63, 3.8) is 0 Å². The number of aryl methyl sites for hydroxylation is 1. The minimum atomic E-state index is 0.307. The van der Waals surface area contributed by atoms with Crippen LogP contribution in [0.15, 0.2) is 28.7 Å². The maximum Gasteiger partial charge on any atom is 0.134 e. The van der Waals surface area contributed by atoms with E-state index < -0.39 is 0 Å². The lowest BCUT2D eigenvalue weighted by Crippen LogP contribution is -2.20. The highest BCUT2D eigenvalue weighted by Crippen LogP contribution is 2.33. The van der Waals surface area contributed by atoms with Gasteiger partial charge in [0.2, 0.25) is 0 Å². The largest absolute Gasteiger partial charge is 0.459 e. The molecule has 0 aliphatic heterocycles. The fourth-order valence-electron chi connectivity index (χ4n) is 2.84. The van der Waals surface area contributed by atoms with E-state index in [-0.39, 0.29) is 0 Å². The van der Waals surface area contributed by atoms with Crippen LogP contribution in [0.3, 0.4) is 0 Å². The molecule has 2 heteroatoms. The van der Waals surface area contributed by atoms with E-state index in [2.05, 4.69) is 37.4 Å². The van der Waals surface area contributed by atoms with Crippen LogP contribution in [0.1, 0.15) is 50.5 Å². The Labute approximate surface area is 115 Å². The quantitative estimate of drug-likeness (QED) is 0.827. The highest BCUT2D eigenvalue weighted by molar-refractivity contribution is 5.82. The van der Waals surface area contributed by atoms with Crippen molar-refractivity contribution in [2.75, 3.05) is 6.54 Å². The van der Waals surface area contributed by atoms with Gasteiger partial charge in [-0.3, -0.25) is 0 Å². The molecular weight excluding hydrogens is 234 g/mol. The lowest BCUT2D eigenvalue weighted by molar-refractivity contribution is 0.439. The molecule has 0 amide bonds. The number of hydrogen-bond donors (Lipinski definition) is 1. The number of hydrogen-bond acceptors (Lipinski definition) is 2. The summed E-state index contributed by atoms with van der Waals surface area (Å²) in [6.45, 7) is 5.52. The molecule has 1 N–H and O–H groups in total. The van der Waals surface area contributed by atoms with E-state index in [9.17, 15) is 0 Å².